The number of aromatic nitrogens is 2. The molecule has 1 aliphatic heterocycles. The Hall–Kier alpha value is -3.62. The van der Waals surface area contributed by atoms with Gasteiger partial charge in [-0.2, -0.15) is 18.2 Å². The highest BCUT2D eigenvalue weighted by Crippen LogP contribution is 2.33. The average Bonchev–Trinajstić information content (AvgIpc) is 2.84. The molecular formula is C25H24F3N5O. The molecule has 9 heteroatoms. The van der Waals surface area contributed by atoms with Gasteiger partial charge in [0.05, 0.1) is 16.8 Å². The minimum Gasteiger partial charge on any atom is -0.368 e. The molecule has 176 valence electrons. The number of carbonyl (C=O) groups is 1. The maximum Gasteiger partial charge on any atom is 0.416 e. The van der Waals surface area contributed by atoms with E-state index in [1.165, 1.54) is 12.1 Å². The monoisotopic (exact) mass is 467 g/mol. The van der Waals surface area contributed by atoms with Crippen LogP contribution in [0.15, 0.2) is 54.6 Å². The summed E-state index contributed by atoms with van der Waals surface area (Å²) < 4.78 is 39.3. The molecule has 2 heterocycles. The van der Waals surface area contributed by atoms with Crippen LogP contribution in [0.25, 0.3) is 0 Å². The van der Waals surface area contributed by atoms with Crippen LogP contribution in [0.5, 0.6) is 0 Å². The highest BCUT2D eigenvalue weighted by Gasteiger charge is 2.31. The molecule has 0 bridgehead atoms. The van der Waals surface area contributed by atoms with Crippen LogP contribution in [0.3, 0.4) is 0 Å². The number of nitrogens with zero attached hydrogens (tertiary/aromatic N) is 4. The van der Waals surface area contributed by atoms with Gasteiger partial charge in [-0.15, -0.1) is 0 Å². The predicted octanol–water partition coefficient (Wildman–Crippen LogP) is 5.08. The van der Waals surface area contributed by atoms with E-state index in [1.54, 1.807) is 6.07 Å². The third kappa shape index (κ3) is 4.55. The first kappa shape index (κ1) is 22.2. The van der Waals surface area contributed by atoms with E-state index in [4.69, 9.17) is 9.97 Å². The summed E-state index contributed by atoms with van der Waals surface area (Å²) in [5, 5.41) is 3.28. The lowest BCUT2D eigenvalue weighted by atomic mass is 9.95. The molecule has 0 unspecified atom stereocenters. The summed E-state index contributed by atoms with van der Waals surface area (Å²) in [5.41, 5.74) is 2.05. The molecule has 1 saturated heterocycles. The van der Waals surface area contributed by atoms with E-state index in [9.17, 15) is 18.0 Å². The Labute approximate surface area is 195 Å². The second kappa shape index (κ2) is 8.96. The lowest BCUT2D eigenvalue weighted by Crippen LogP contribution is -2.47. The molecule has 0 atom stereocenters. The second-order valence-corrected chi connectivity index (χ2v) is 8.48. The number of ketones is 1. The molecule has 0 saturated carbocycles. The zero-order chi connectivity index (χ0) is 23.7. The maximum atomic E-state index is 13.1. The second-order valence-electron chi connectivity index (χ2n) is 8.48. The van der Waals surface area contributed by atoms with Crippen molar-refractivity contribution < 1.29 is 18.0 Å². The lowest BCUT2D eigenvalue weighted by molar-refractivity contribution is -0.137. The van der Waals surface area contributed by atoms with E-state index in [-0.39, 0.29) is 5.78 Å². The van der Waals surface area contributed by atoms with Gasteiger partial charge < -0.3 is 15.1 Å². The van der Waals surface area contributed by atoms with Crippen molar-refractivity contribution in [2.45, 2.75) is 25.4 Å². The lowest BCUT2D eigenvalue weighted by Gasteiger charge is -2.36. The molecule has 1 aliphatic carbocycles. The van der Waals surface area contributed by atoms with Crippen molar-refractivity contribution in [2.75, 3.05) is 41.3 Å². The van der Waals surface area contributed by atoms with Gasteiger partial charge in [0, 0.05) is 44.0 Å². The molecule has 2 aromatic carbocycles. The number of aryl methyl sites for hydroxylation is 1. The fourth-order valence-corrected chi connectivity index (χ4v) is 4.44. The molecule has 0 spiro atoms. The van der Waals surface area contributed by atoms with Crippen molar-refractivity contribution in [2.24, 2.45) is 0 Å². The molecule has 34 heavy (non-hydrogen) atoms. The maximum absolute atomic E-state index is 13.1. The van der Waals surface area contributed by atoms with E-state index in [0.29, 0.717) is 62.0 Å². The highest BCUT2D eigenvalue weighted by molar-refractivity contribution is 6.03. The van der Waals surface area contributed by atoms with E-state index in [0.717, 1.165) is 23.9 Å². The molecule has 0 amide bonds. The topological polar surface area (TPSA) is 61.4 Å². The number of benzene rings is 2. The zero-order valence-corrected chi connectivity index (χ0v) is 18.5. The molecule has 6 nitrogen and oxygen atoms in total. The first-order valence-electron chi connectivity index (χ1n) is 11.3. The number of rotatable bonds is 4. The number of para-hydroxylation sites is 1. The number of fused-ring (bicyclic) bond motifs is 1. The smallest absolute Gasteiger partial charge is 0.368 e. The van der Waals surface area contributed by atoms with Crippen LogP contribution < -0.4 is 15.1 Å². The third-order valence-electron chi connectivity index (χ3n) is 6.21. The normalized spacial score (nSPS) is 16.4. The molecule has 5 rings (SSSR count). The standard InChI is InChI=1S/C25H24F3N5O/c26-25(27,28)17-6-4-9-19(16-17)32-12-14-33(15-13-32)24-30-20-10-5-11-21(34)22(20)23(31-24)29-18-7-2-1-3-8-18/h1-4,6-9,16H,5,10-15H2,(H,29,30,31). The summed E-state index contributed by atoms with van der Waals surface area (Å²) in [5.74, 6) is 1.09. The Kier molecular flexibility index (Phi) is 5.85. The number of alkyl halides is 3. The molecule has 1 aromatic heterocycles. The Morgan fingerprint density at radius 2 is 1.59 bits per heavy atom. The Morgan fingerprint density at radius 1 is 0.853 bits per heavy atom. The van der Waals surface area contributed by atoms with Gasteiger partial charge in [-0.25, -0.2) is 4.98 Å². The Morgan fingerprint density at radius 3 is 2.32 bits per heavy atom. The SMILES string of the molecule is O=C1CCCc2nc(N3CCN(c4cccc(C(F)(F)F)c4)CC3)nc(Nc3ccccc3)c21. The van der Waals surface area contributed by atoms with Gasteiger partial charge in [0.1, 0.15) is 5.82 Å². The number of anilines is 4. The van der Waals surface area contributed by atoms with Crippen molar-refractivity contribution >= 4 is 28.9 Å². The summed E-state index contributed by atoms with van der Waals surface area (Å²) in [6.07, 6.45) is -2.41. The first-order valence-corrected chi connectivity index (χ1v) is 11.3. The quantitative estimate of drug-likeness (QED) is 0.577. The zero-order valence-electron chi connectivity index (χ0n) is 18.5. The number of piperazine rings is 1. The number of hydrogen-bond donors (Lipinski definition) is 1. The molecule has 2 aliphatic rings. The van der Waals surface area contributed by atoms with Crippen LogP contribution in [-0.2, 0) is 12.6 Å². The van der Waals surface area contributed by atoms with E-state index in [1.807, 2.05) is 40.1 Å². The predicted molar refractivity (Wildman–Crippen MR) is 125 cm³/mol. The van der Waals surface area contributed by atoms with Gasteiger partial charge in [-0.1, -0.05) is 24.3 Å². The summed E-state index contributed by atoms with van der Waals surface area (Å²) in [6.45, 7) is 2.21. The van der Waals surface area contributed by atoms with Crippen molar-refractivity contribution in [1.82, 2.24) is 9.97 Å². The van der Waals surface area contributed by atoms with E-state index < -0.39 is 11.7 Å². The van der Waals surface area contributed by atoms with Crippen LogP contribution in [0.4, 0.5) is 36.3 Å². The van der Waals surface area contributed by atoms with Crippen LogP contribution >= 0.6 is 0 Å². The van der Waals surface area contributed by atoms with Gasteiger partial charge in [-0.05, 0) is 43.2 Å². The largest absolute Gasteiger partial charge is 0.416 e. The first-order chi connectivity index (χ1) is 16.4. The molecular weight excluding hydrogens is 443 g/mol. The summed E-state index contributed by atoms with van der Waals surface area (Å²) >= 11 is 0. The van der Waals surface area contributed by atoms with Gasteiger partial charge in [0.2, 0.25) is 5.95 Å². The van der Waals surface area contributed by atoms with Crippen LogP contribution in [-0.4, -0.2) is 41.9 Å². The molecule has 0 radical (unpaired) electrons. The van der Waals surface area contributed by atoms with Crippen molar-refractivity contribution in [3.8, 4) is 0 Å². The molecule has 3 aromatic rings. The van der Waals surface area contributed by atoms with Crippen molar-refractivity contribution in [3.05, 3.63) is 71.4 Å². The molecule has 1 fully saturated rings. The van der Waals surface area contributed by atoms with Gasteiger partial charge in [-0.3, -0.25) is 4.79 Å². The third-order valence-corrected chi connectivity index (χ3v) is 6.21. The fourth-order valence-electron chi connectivity index (χ4n) is 4.44. The number of nitrogens with one attached hydrogen (secondary N) is 1. The minimum atomic E-state index is -4.37. The van der Waals surface area contributed by atoms with Crippen LogP contribution in [0, 0.1) is 0 Å². The van der Waals surface area contributed by atoms with E-state index in [2.05, 4.69) is 5.32 Å². The highest BCUT2D eigenvalue weighted by atomic mass is 19.4. The Balaban J connectivity index is 1.38. The molecule has 1 N–H and O–H groups in total. The summed E-state index contributed by atoms with van der Waals surface area (Å²) in [4.78, 5) is 26.1. The number of hydrogen-bond acceptors (Lipinski definition) is 6. The van der Waals surface area contributed by atoms with Crippen molar-refractivity contribution in [1.29, 1.82) is 0 Å². The van der Waals surface area contributed by atoms with Gasteiger partial charge in [0.25, 0.3) is 0 Å². The van der Waals surface area contributed by atoms with Gasteiger partial charge >= 0.3 is 6.18 Å². The number of halogens is 3. The fraction of sp³-hybridized carbons (Fsp3) is 0.320. The minimum absolute atomic E-state index is 0.0422. The van der Waals surface area contributed by atoms with E-state index >= 15 is 0 Å². The Bertz CT molecular complexity index is 1190. The average molecular weight is 467 g/mol. The number of Topliss-reactive ketones (excluding diaryl/α,β-unsaturated/α-hetero) is 1. The number of carbonyl (C=O) groups excluding carboxylic acids is 1. The summed E-state index contributed by atoms with van der Waals surface area (Å²) in [7, 11) is 0. The van der Waals surface area contributed by atoms with Crippen LogP contribution in [0.1, 0.15) is 34.5 Å². The van der Waals surface area contributed by atoms with Crippen LogP contribution in [0.2, 0.25) is 0 Å². The summed E-state index contributed by atoms with van der Waals surface area (Å²) in [6, 6.07) is 15.0. The van der Waals surface area contributed by atoms with Gasteiger partial charge in [0.15, 0.2) is 5.78 Å². The van der Waals surface area contributed by atoms with Crippen molar-refractivity contribution in [3.63, 3.8) is 0 Å².